The maximum Gasteiger partial charge on any atom is 0.130 e. The van der Waals surface area contributed by atoms with Crippen LogP contribution in [-0.4, -0.2) is 44.3 Å². The molecule has 0 aliphatic carbocycles. The molecule has 0 spiro atoms. The molecule has 0 amide bonds. The third-order valence-electron chi connectivity index (χ3n) is 3.12. The summed E-state index contributed by atoms with van der Waals surface area (Å²) in [5.41, 5.74) is 6.77. The minimum Gasteiger partial charge on any atom is -0.496 e. The van der Waals surface area contributed by atoms with E-state index < -0.39 is 0 Å². The second-order valence-corrected chi connectivity index (χ2v) is 5.74. The lowest BCUT2D eigenvalue weighted by Crippen LogP contribution is -2.33. The van der Waals surface area contributed by atoms with Crippen LogP contribution in [0.2, 0.25) is 0 Å². The van der Waals surface area contributed by atoms with Crippen molar-refractivity contribution in [1.82, 2.24) is 0 Å². The molecule has 0 fully saturated rings. The molecule has 114 valence electrons. The van der Waals surface area contributed by atoms with E-state index in [0.717, 1.165) is 17.1 Å². The fraction of sp³-hybridized carbons (Fsp3) is 0.571. The van der Waals surface area contributed by atoms with Crippen LogP contribution in [0.25, 0.3) is 0 Å². The van der Waals surface area contributed by atoms with Crippen LogP contribution in [0.1, 0.15) is 12.5 Å². The number of methoxy groups -OCH3 is 3. The van der Waals surface area contributed by atoms with Gasteiger partial charge in [0.1, 0.15) is 17.2 Å². The minimum atomic E-state index is -0.241. The predicted molar refractivity (Wildman–Crippen MR) is 81.9 cm³/mol. The first-order chi connectivity index (χ1) is 9.57. The summed E-state index contributed by atoms with van der Waals surface area (Å²) in [5, 5.41) is 9.20. The van der Waals surface area contributed by atoms with Crippen molar-refractivity contribution >= 4 is 11.8 Å². The van der Waals surface area contributed by atoms with Crippen LogP contribution < -0.4 is 19.9 Å². The molecule has 2 atom stereocenters. The fourth-order valence-corrected chi connectivity index (χ4v) is 2.75. The Kier molecular flexibility index (Phi) is 6.98. The number of benzene rings is 1. The number of aliphatic hydroxyl groups excluding tert-OH is 1. The number of hydrogen-bond acceptors (Lipinski definition) is 6. The first kappa shape index (κ1) is 16.9. The SMILES string of the molecule is COc1cc(OC)c(CSC(C)[C@@H](N)CO)c(OC)c1. The maximum absolute atomic E-state index is 9.07. The van der Waals surface area contributed by atoms with E-state index in [4.69, 9.17) is 25.1 Å². The van der Waals surface area contributed by atoms with Crippen LogP contribution in [0, 0.1) is 0 Å². The van der Waals surface area contributed by atoms with Gasteiger partial charge in [0.05, 0.1) is 27.9 Å². The third-order valence-corrected chi connectivity index (χ3v) is 4.45. The van der Waals surface area contributed by atoms with Crippen molar-refractivity contribution in [1.29, 1.82) is 0 Å². The normalized spacial score (nSPS) is 13.7. The maximum atomic E-state index is 9.07. The number of nitrogens with two attached hydrogens (primary N) is 1. The molecule has 6 heteroatoms. The highest BCUT2D eigenvalue weighted by atomic mass is 32.2. The van der Waals surface area contributed by atoms with Crippen molar-refractivity contribution < 1.29 is 19.3 Å². The third kappa shape index (κ3) is 4.19. The minimum absolute atomic E-state index is 0.0228. The van der Waals surface area contributed by atoms with Gasteiger partial charge in [-0.25, -0.2) is 0 Å². The molecule has 0 radical (unpaired) electrons. The lowest BCUT2D eigenvalue weighted by atomic mass is 10.2. The van der Waals surface area contributed by atoms with Crippen molar-refractivity contribution in [2.45, 2.75) is 24.0 Å². The molecule has 1 unspecified atom stereocenters. The van der Waals surface area contributed by atoms with Gasteiger partial charge in [0.2, 0.25) is 0 Å². The highest BCUT2D eigenvalue weighted by Crippen LogP contribution is 2.37. The summed E-state index contributed by atoms with van der Waals surface area (Å²) < 4.78 is 16.0. The molecule has 1 rings (SSSR count). The van der Waals surface area contributed by atoms with Crippen molar-refractivity contribution in [3.63, 3.8) is 0 Å². The van der Waals surface area contributed by atoms with E-state index in [9.17, 15) is 0 Å². The van der Waals surface area contributed by atoms with Crippen molar-refractivity contribution in [3.8, 4) is 17.2 Å². The Balaban J connectivity index is 2.92. The summed E-state index contributed by atoms with van der Waals surface area (Å²) in [7, 11) is 4.83. The summed E-state index contributed by atoms with van der Waals surface area (Å²) >= 11 is 1.65. The van der Waals surface area contributed by atoms with Gasteiger partial charge in [-0.1, -0.05) is 6.92 Å². The molecule has 0 heterocycles. The molecule has 1 aromatic carbocycles. The monoisotopic (exact) mass is 301 g/mol. The Labute approximate surface area is 124 Å². The standard InChI is InChI=1S/C14H23NO4S/c1-9(12(15)7-16)20-8-11-13(18-3)5-10(17-2)6-14(11)19-4/h5-6,9,12,16H,7-8,15H2,1-4H3/t9?,12-/m0/s1. The number of aliphatic hydroxyl groups is 1. The molecule has 0 saturated heterocycles. The molecule has 0 aromatic heterocycles. The van der Waals surface area contributed by atoms with Gasteiger partial charge in [-0.2, -0.15) is 11.8 Å². The Morgan fingerprint density at radius 1 is 1.15 bits per heavy atom. The molecule has 3 N–H and O–H groups in total. The fourth-order valence-electron chi connectivity index (χ4n) is 1.71. The number of ether oxygens (including phenoxy) is 3. The molecule has 0 aliphatic heterocycles. The van der Waals surface area contributed by atoms with E-state index in [1.54, 1.807) is 33.1 Å². The van der Waals surface area contributed by atoms with Gasteiger partial charge in [-0.3, -0.25) is 0 Å². The van der Waals surface area contributed by atoms with Gasteiger partial charge in [0, 0.05) is 34.7 Å². The Hall–Kier alpha value is -1.11. The average molecular weight is 301 g/mol. The smallest absolute Gasteiger partial charge is 0.130 e. The van der Waals surface area contributed by atoms with Crippen molar-refractivity contribution in [2.75, 3.05) is 27.9 Å². The summed E-state index contributed by atoms with van der Waals surface area (Å²) in [6, 6.07) is 3.42. The first-order valence-electron chi connectivity index (χ1n) is 6.34. The Bertz CT molecular complexity index is 403. The van der Waals surface area contributed by atoms with Gasteiger partial charge in [-0.15, -0.1) is 0 Å². The lowest BCUT2D eigenvalue weighted by Gasteiger charge is -2.19. The first-order valence-corrected chi connectivity index (χ1v) is 7.39. The van der Waals surface area contributed by atoms with Gasteiger partial charge in [-0.05, 0) is 0 Å². The second kappa shape index (κ2) is 8.24. The van der Waals surface area contributed by atoms with Crippen LogP contribution in [0.15, 0.2) is 12.1 Å². The summed E-state index contributed by atoms with van der Waals surface area (Å²) in [4.78, 5) is 0. The van der Waals surface area contributed by atoms with E-state index in [-0.39, 0.29) is 17.9 Å². The average Bonchev–Trinajstić information content (AvgIpc) is 2.50. The van der Waals surface area contributed by atoms with Crippen molar-refractivity contribution in [3.05, 3.63) is 17.7 Å². The summed E-state index contributed by atoms with van der Waals surface area (Å²) in [6.07, 6.45) is 0. The van der Waals surface area contributed by atoms with E-state index in [1.165, 1.54) is 0 Å². The lowest BCUT2D eigenvalue weighted by molar-refractivity contribution is 0.265. The van der Waals surface area contributed by atoms with Crippen LogP contribution in [0.5, 0.6) is 17.2 Å². The van der Waals surface area contributed by atoms with Crippen molar-refractivity contribution in [2.24, 2.45) is 5.73 Å². The zero-order valence-corrected chi connectivity index (χ0v) is 13.2. The van der Waals surface area contributed by atoms with E-state index in [1.807, 2.05) is 19.1 Å². The number of hydrogen-bond donors (Lipinski definition) is 2. The molecule has 20 heavy (non-hydrogen) atoms. The molecular weight excluding hydrogens is 278 g/mol. The topological polar surface area (TPSA) is 73.9 Å². The molecular formula is C14H23NO4S. The Morgan fingerprint density at radius 3 is 2.10 bits per heavy atom. The highest BCUT2D eigenvalue weighted by Gasteiger charge is 2.17. The quantitative estimate of drug-likeness (QED) is 0.760. The van der Waals surface area contributed by atoms with Crippen LogP contribution in [-0.2, 0) is 5.75 Å². The zero-order valence-electron chi connectivity index (χ0n) is 12.4. The highest BCUT2D eigenvalue weighted by molar-refractivity contribution is 7.99. The molecule has 1 aromatic rings. The van der Waals surface area contributed by atoms with Crippen LogP contribution in [0.3, 0.4) is 0 Å². The zero-order chi connectivity index (χ0) is 15.1. The number of thioether (sulfide) groups is 1. The van der Waals surface area contributed by atoms with Crippen LogP contribution in [0.4, 0.5) is 0 Å². The Morgan fingerprint density at radius 2 is 1.70 bits per heavy atom. The number of rotatable bonds is 8. The largest absolute Gasteiger partial charge is 0.496 e. The van der Waals surface area contributed by atoms with Gasteiger partial charge in [0.15, 0.2) is 0 Å². The summed E-state index contributed by atoms with van der Waals surface area (Å²) in [5.74, 6) is 2.81. The molecule has 0 bridgehead atoms. The van der Waals surface area contributed by atoms with Gasteiger partial charge >= 0.3 is 0 Å². The van der Waals surface area contributed by atoms with E-state index >= 15 is 0 Å². The molecule has 0 saturated carbocycles. The molecule has 0 aliphatic rings. The van der Waals surface area contributed by atoms with Gasteiger partial charge in [0.25, 0.3) is 0 Å². The van der Waals surface area contributed by atoms with Gasteiger partial charge < -0.3 is 25.1 Å². The molecule has 5 nitrogen and oxygen atoms in total. The predicted octanol–water partition coefficient (Wildman–Crippen LogP) is 1.65. The van der Waals surface area contributed by atoms with E-state index in [0.29, 0.717) is 11.5 Å². The second-order valence-electron chi connectivity index (χ2n) is 4.37. The summed E-state index contributed by atoms with van der Waals surface area (Å²) in [6.45, 7) is 1.97. The van der Waals surface area contributed by atoms with E-state index in [2.05, 4.69) is 0 Å². The van der Waals surface area contributed by atoms with Crippen LogP contribution >= 0.6 is 11.8 Å².